The molecule has 0 atom stereocenters. The Morgan fingerprint density at radius 2 is 2.00 bits per heavy atom. The lowest BCUT2D eigenvalue weighted by atomic mass is 10.2. The van der Waals surface area contributed by atoms with E-state index in [4.69, 9.17) is 0 Å². The van der Waals surface area contributed by atoms with E-state index in [1.807, 2.05) is 0 Å². The maximum atomic E-state index is 13.0. The fourth-order valence-electron chi connectivity index (χ4n) is 1.03. The zero-order valence-electron chi connectivity index (χ0n) is 7.81. The van der Waals surface area contributed by atoms with Crippen LogP contribution in [0.2, 0.25) is 0 Å². The molecule has 0 aromatic heterocycles. The second kappa shape index (κ2) is 4.48. The van der Waals surface area contributed by atoms with Gasteiger partial charge in [0.1, 0.15) is 0 Å². The molecule has 0 unspecified atom stereocenters. The quantitative estimate of drug-likeness (QED) is 0.720. The van der Waals surface area contributed by atoms with Crippen LogP contribution < -0.4 is 4.74 Å². The minimum Gasteiger partial charge on any atom is -0.661 e. The van der Waals surface area contributed by atoms with E-state index in [1.165, 1.54) is 13.1 Å². The zero-order valence-corrected chi connectivity index (χ0v) is 7.81. The molecule has 0 saturated carbocycles. The number of nitrogens with zero attached hydrogens (tertiary/aromatic N) is 1. The average Bonchev–Trinajstić information content (AvgIpc) is 2.08. The molecule has 0 saturated heterocycles. The van der Waals surface area contributed by atoms with Gasteiger partial charge in [0, 0.05) is 0 Å². The Morgan fingerprint density at radius 1 is 1.33 bits per heavy atom. The molecule has 1 aromatic rings. The summed E-state index contributed by atoms with van der Waals surface area (Å²) < 4.78 is 51.8. The second-order valence-electron chi connectivity index (χ2n) is 2.79. The summed E-state index contributed by atoms with van der Waals surface area (Å²) >= 11 is 0. The van der Waals surface area contributed by atoms with Crippen LogP contribution >= 0.6 is 0 Å². The Kier molecular flexibility index (Phi) is 3.52. The van der Waals surface area contributed by atoms with Crippen LogP contribution in [0.25, 0.3) is 5.32 Å². The molecule has 1 rings (SSSR count). The zero-order chi connectivity index (χ0) is 11.5. The number of halogens is 4. The van der Waals surface area contributed by atoms with Crippen LogP contribution in [0.4, 0.5) is 17.6 Å². The van der Waals surface area contributed by atoms with Crippen molar-refractivity contribution in [2.45, 2.75) is 12.9 Å². The molecule has 0 aliphatic carbocycles. The molecule has 1 aromatic carbocycles. The maximum absolute atomic E-state index is 13.0. The van der Waals surface area contributed by atoms with Crippen molar-refractivity contribution in [1.82, 2.24) is 0 Å². The highest BCUT2D eigenvalue weighted by Crippen LogP contribution is 2.26. The fourth-order valence-corrected chi connectivity index (χ4v) is 1.03. The predicted octanol–water partition coefficient (Wildman–Crippen LogP) is 3.23. The Labute approximate surface area is 83.9 Å². The molecule has 0 radical (unpaired) electrons. The minimum absolute atomic E-state index is 0.253. The van der Waals surface area contributed by atoms with Crippen LogP contribution in [0.15, 0.2) is 18.2 Å². The molecule has 0 bridgehead atoms. The number of alkyl halides is 3. The van der Waals surface area contributed by atoms with Gasteiger partial charge in [0.25, 0.3) is 0 Å². The SMILES string of the molecule is C[N-]Cc1ccc(OC(F)(F)F)c(F)c1. The van der Waals surface area contributed by atoms with Crippen molar-refractivity contribution >= 4 is 0 Å². The topological polar surface area (TPSA) is 23.3 Å². The highest BCUT2D eigenvalue weighted by molar-refractivity contribution is 5.30. The van der Waals surface area contributed by atoms with Gasteiger partial charge in [-0.2, -0.15) is 7.05 Å². The normalized spacial score (nSPS) is 11.5. The Morgan fingerprint density at radius 3 is 2.47 bits per heavy atom. The molecule has 15 heavy (non-hydrogen) atoms. The van der Waals surface area contributed by atoms with Gasteiger partial charge in [-0.05, 0) is 12.1 Å². The van der Waals surface area contributed by atoms with Gasteiger partial charge in [-0.1, -0.05) is 11.6 Å². The van der Waals surface area contributed by atoms with E-state index in [2.05, 4.69) is 10.1 Å². The molecule has 0 aliphatic heterocycles. The molecule has 0 aliphatic rings. The van der Waals surface area contributed by atoms with Crippen molar-refractivity contribution in [3.05, 3.63) is 34.9 Å². The monoisotopic (exact) mass is 222 g/mol. The first-order valence-electron chi connectivity index (χ1n) is 4.02. The van der Waals surface area contributed by atoms with Crippen molar-refractivity contribution in [2.75, 3.05) is 7.05 Å². The standard InChI is InChI=1S/C9H8F4NO/c1-14-5-6-2-3-8(7(10)4-6)15-9(11,12)13/h2-4H,5H2,1H3/q-1. The van der Waals surface area contributed by atoms with Crippen molar-refractivity contribution in [1.29, 1.82) is 0 Å². The number of ether oxygens (including phenoxy) is 1. The van der Waals surface area contributed by atoms with E-state index in [9.17, 15) is 17.6 Å². The molecule has 0 N–H and O–H groups in total. The van der Waals surface area contributed by atoms with Gasteiger partial charge < -0.3 is 10.1 Å². The summed E-state index contributed by atoms with van der Waals surface area (Å²) in [6, 6.07) is 3.23. The van der Waals surface area contributed by atoms with E-state index in [0.717, 1.165) is 12.1 Å². The third-order valence-corrected chi connectivity index (χ3v) is 1.56. The second-order valence-corrected chi connectivity index (χ2v) is 2.79. The first-order chi connectivity index (χ1) is 6.92. The van der Waals surface area contributed by atoms with Crippen molar-refractivity contribution in [3.8, 4) is 5.75 Å². The van der Waals surface area contributed by atoms with Gasteiger partial charge in [-0.25, -0.2) is 4.39 Å². The van der Waals surface area contributed by atoms with Crippen molar-refractivity contribution in [3.63, 3.8) is 0 Å². The van der Waals surface area contributed by atoms with Crippen molar-refractivity contribution < 1.29 is 22.3 Å². The summed E-state index contributed by atoms with van der Waals surface area (Å²) in [5.74, 6) is -1.88. The molecule has 2 nitrogen and oxygen atoms in total. The number of hydrogen-bond acceptors (Lipinski definition) is 1. The summed E-state index contributed by atoms with van der Waals surface area (Å²) in [6.45, 7) is 0.253. The van der Waals surface area contributed by atoms with Gasteiger partial charge in [0.2, 0.25) is 0 Å². The third kappa shape index (κ3) is 3.75. The lowest BCUT2D eigenvalue weighted by molar-refractivity contribution is -0.275. The largest absolute Gasteiger partial charge is 0.661 e. The van der Waals surface area contributed by atoms with Crippen LogP contribution in [0.5, 0.6) is 5.75 Å². The molecular weight excluding hydrogens is 214 g/mol. The molecular formula is C9H8F4NO-. The Balaban J connectivity index is 2.84. The summed E-state index contributed by atoms with van der Waals surface area (Å²) in [5, 5.41) is 3.72. The van der Waals surface area contributed by atoms with Gasteiger partial charge in [0.05, 0.1) is 0 Å². The highest BCUT2D eigenvalue weighted by atomic mass is 19.4. The number of rotatable bonds is 3. The van der Waals surface area contributed by atoms with Gasteiger partial charge in [-0.15, -0.1) is 19.7 Å². The van der Waals surface area contributed by atoms with E-state index < -0.39 is 17.9 Å². The van der Waals surface area contributed by atoms with Crippen LogP contribution in [0.3, 0.4) is 0 Å². The van der Waals surface area contributed by atoms with Gasteiger partial charge >= 0.3 is 6.36 Å². The molecule has 6 heteroatoms. The smallest absolute Gasteiger partial charge is 0.573 e. The minimum atomic E-state index is -4.88. The van der Waals surface area contributed by atoms with Crippen LogP contribution in [-0.2, 0) is 6.54 Å². The summed E-state index contributed by atoms with van der Waals surface area (Å²) in [4.78, 5) is 0. The lowest BCUT2D eigenvalue weighted by Crippen LogP contribution is -2.18. The Bertz CT molecular complexity index is 337. The maximum Gasteiger partial charge on any atom is 0.573 e. The average molecular weight is 222 g/mol. The summed E-state index contributed by atoms with van der Waals surface area (Å²) in [5.41, 5.74) is 0.490. The summed E-state index contributed by atoms with van der Waals surface area (Å²) in [7, 11) is 1.53. The van der Waals surface area contributed by atoms with E-state index in [0.29, 0.717) is 5.56 Å². The first-order valence-corrected chi connectivity index (χ1v) is 4.02. The Hall–Kier alpha value is -1.30. The van der Waals surface area contributed by atoms with Gasteiger partial charge in [-0.3, -0.25) is 0 Å². The van der Waals surface area contributed by atoms with Crippen LogP contribution in [0, 0.1) is 5.82 Å². The van der Waals surface area contributed by atoms with Crippen LogP contribution in [0.1, 0.15) is 5.56 Å². The number of hydrogen-bond donors (Lipinski definition) is 0. The van der Waals surface area contributed by atoms with E-state index in [1.54, 1.807) is 0 Å². The van der Waals surface area contributed by atoms with Crippen molar-refractivity contribution in [2.24, 2.45) is 0 Å². The number of benzene rings is 1. The van der Waals surface area contributed by atoms with Gasteiger partial charge in [0.15, 0.2) is 11.6 Å². The van der Waals surface area contributed by atoms with Crippen LogP contribution in [-0.4, -0.2) is 13.4 Å². The van der Waals surface area contributed by atoms with E-state index >= 15 is 0 Å². The molecule has 0 heterocycles. The molecule has 0 spiro atoms. The molecule has 84 valence electrons. The predicted molar refractivity (Wildman–Crippen MR) is 46.1 cm³/mol. The molecule has 0 amide bonds. The first kappa shape index (κ1) is 11.8. The lowest BCUT2D eigenvalue weighted by Gasteiger charge is -2.13. The fraction of sp³-hybridized carbons (Fsp3) is 0.333. The van der Waals surface area contributed by atoms with E-state index in [-0.39, 0.29) is 6.54 Å². The highest BCUT2D eigenvalue weighted by Gasteiger charge is 2.32. The summed E-state index contributed by atoms with van der Waals surface area (Å²) in [6.07, 6.45) is -4.88. The molecule has 0 fully saturated rings. The third-order valence-electron chi connectivity index (χ3n) is 1.56.